The fourth-order valence-electron chi connectivity index (χ4n) is 3.45. The molecule has 0 spiro atoms. The van der Waals surface area contributed by atoms with Crippen LogP contribution in [0.2, 0.25) is 0 Å². The van der Waals surface area contributed by atoms with Gasteiger partial charge in [-0.1, -0.05) is 18.9 Å². The molecule has 1 atom stereocenters. The molecule has 126 valence electrons. The van der Waals surface area contributed by atoms with E-state index >= 15 is 0 Å². The number of amides is 2. The molecule has 0 aromatic carbocycles. The average molecular weight is 318 g/mol. The third kappa shape index (κ3) is 4.13. The number of hydrogen-bond donors (Lipinski definition) is 1. The Morgan fingerprint density at radius 2 is 2.26 bits per heavy atom. The van der Waals surface area contributed by atoms with Crippen LogP contribution >= 0.6 is 0 Å². The maximum Gasteiger partial charge on any atom is 0.318 e. The van der Waals surface area contributed by atoms with E-state index in [9.17, 15) is 4.79 Å². The minimum Gasteiger partial charge on any atom is -0.377 e. The molecule has 0 unspecified atom stereocenters. The van der Waals surface area contributed by atoms with E-state index in [0.717, 1.165) is 25.2 Å². The molecule has 0 bridgehead atoms. The molecule has 0 radical (unpaired) electrons. The molecule has 1 fully saturated rings. The van der Waals surface area contributed by atoms with E-state index in [4.69, 9.17) is 4.74 Å². The van der Waals surface area contributed by atoms with E-state index in [1.807, 2.05) is 11.1 Å². The minimum absolute atomic E-state index is 0.0297. The van der Waals surface area contributed by atoms with Crippen LogP contribution in [0.5, 0.6) is 0 Å². The van der Waals surface area contributed by atoms with Crippen molar-refractivity contribution >= 4 is 6.03 Å². The zero-order valence-electron chi connectivity index (χ0n) is 13.6. The molecule has 1 aliphatic carbocycles. The fraction of sp³-hybridized carbons (Fsp3) is 0.647. The summed E-state index contributed by atoms with van der Waals surface area (Å²) in [6, 6.07) is 0.364. The van der Waals surface area contributed by atoms with Gasteiger partial charge in [0.1, 0.15) is 5.82 Å². The SMILES string of the molecule is C=CCOC[C@@H]1CN(C(=O)NC2CCCC2)Cc2nccn2C1. The Balaban J connectivity index is 1.65. The van der Waals surface area contributed by atoms with Gasteiger partial charge in [-0.3, -0.25) is 0 Å². The smallest absolute Gasteiger partial charge is 0.318 e. The molecule has 2 amide bonds. The predicted octanol–water partition coefficient (Wildman–Crippen LogP) is 2.17. The van der Waals surface area contributed by atoms with E-state index in [1.165, 1.54) is 12.8 Å². The monoisotopic (exact) mass is 318 g/mol. The first-order valence-corrected chi connectivity index (χ1v) is 8.50. The topological polar surface area (TPSA) is 59.4 Å². The normalized spacial score (nSPS) is 21.7. The second-order valence-corrected chi connectivity index (χ2v) is 6.50. The van der Waals surface area contributed by atoms with Crippen molar-refractivity contribution in [3.63, 3.8) is 0 Å². The van der Waals surface area contributed by atoms with Crippen molar-refractivity contribution in [3.05, 3.63) is 30.9 Å². The quantitative estimate of drug-likeness (QED) is 0.668. The molecule has 23 heavy (non-hydrogen) atoms. The largest absolute Gasteiger partial charge is 0.377 e. The Morgan fingerprint density at radius 1 is 1.43 bits per heavy atom. The van der Waals surface area contributed by atoms with Crippen molar-refractivity contribution in [2.45, 2.75) is 44.8 Å². The molecule has 1 aromatic rings. The van der Waals surface area contributed by atoms with Gasteiger partial charge < -0.3 is 19.5 Å². The van der Waals surface area contributed by atoms with Crippen molar-refractivity contribution < 1.29 is 9.53 Å². The van der Waals surface area contributed by atoms with E-state index in [1.54, 1.807) is 12.3 Å². The number of urea groups is 1. The lowest BCUT2D eigenvalue weighted by Gasteiger charge is -2.26. The molecule has 1 N–H and O–H groups in total. The summed E-state index contributed by atoms with van der Waals surface area (Å²) in [7, 11) is 0. The number of carbonyl (C=O) groups excluding carboxylic acids is 1. The number of ether oxygens (including phenoxy) is 1. The summed E-state index contributed by atoms with van der Waals surface area (Å²) in [6.45, 7) is 6.93. The second-order valence-electron chi connectivity index (χ2n) is 6.50. The van der Waals surface area contributed by atoms with Gasteiger partial charge in [0.2, 0.25) is 0 Å². The molecule has 1 aliphatic heterocycles. The van der Waals surface area contributed by atoms with Gasteiger partial charge >= 0.3 is 6.03 Å². The lowest BCUT2D eigenvalue weighted by Crippen LogP contribution is -2.45. The molecule has 0 saturated heterocycles. The first-order chi connectivity index (χ1) is 11.3. The highest BCUT2D eigenvalue weighted by molar-refractivity contribution is 5.74. The van der Waals surface area contributed by atoms with Crippen molar-refractivity contribution in [2.75, 3.05) is 19.8 Å². The van der Waals surface area contributed by atoms with Gasteiger partial charge in [0.15, 0.2) is 0 Å². The van der Waals surface area contributed by atoms with Crippen LogP contribution in [0.4, 0.5) is 4.79 Å². The Hall–Kier alpha value is -1.82. The van der Waals surface area contributed by atoms with E-state index in [2.05, 4.69) is 21.4 Å². The van der Waals surface area contributed by atoms with Gasteiger partial charge in [0.05, 0.1) is 19.8 Å². The fourth-order valence-corrected chi connectivity index (χ4v) is 3.45. The van der Waals surface area contributed by atoms with Gasteiger partial charge in [-0.05, 0) is 12.8 Å². The van der Waals surface area contributed by atoms with Crippen LogP contribution in [-0.4, -0.2) is 46.3 Å². The highest BCUT2D eigenvalue weighted by Crippen LogP contribution is 2.20. The van der Waals surface area contributed by atoms with Gasteiger partial charge in [0, 0.05) is 37.4 Å². The lowest BCUT2D eigenvalue weighted by atomic mass is 10.1. The molecule has 1 aromatic heterocycles. The van der Waals surface area contributed by atoms with E-state index in [0.29, 0.717) is 32.3 Å². The number of fused-ring (bicyclic) bond motifs is 1. The van der Waals surface area contributed by atoms with Crippen LogP contribution in [0.1, 0.15) is 31.5 Å². The first kappa shape index (κ1) is 16.1. The Bertz CT molecular complexity index is 536. The third-order valence-corrected chi connectivity index (χ3v) is 4.63. The van der Waals surface area contributed by atoms with Crippen LogP contribution in [0, 0.1) is 5.92 Å². The highest BCUT2D eigenvalue weighted by atomic mass is 16.5. The summed E-state index contributed by atoms with van der Waals surface area (Å²) in [5.74, 6) is 1.21. The number of carbonyl (C=O) groups is 1. The van der Waals surface area contributed by atoms with Crippen LogP contribution in [0.15, 0.2) is 25.0 Å². The van der Waals surface area contributed by atoms with Crippen LogP contribution in [0.3, 0.4) is 0 Å². The second kappa shape index (κ2) is 7.64. The first-order valence-electron chi connectivity index (χ1n) is 8.50. The number of nitrogens with zero attached hydrogens (tertiary/aromatic N) is 3. The average Bonchev–Trinajstić information content (AvgIpc) is 3.16. The predicted molar refractivity (Wildman–Crippen MR) is 87.9 cm³/mol. The van der Waals surface area contributed by atoms with Gasteiger partial charge in [-0.25, -0.2) is 9.78 Å². The van der Waals surface area contributed by atoms with Crippen LogP contribution < -0.4 is 5.32 Å². The molecule has 1 saturated carbocycles. The number of nitrogens with one attached hydrogen (secondary N) is 1. The van der Waals surface area contributed by atoms with Crippen LogP contribution in [0.25, 0.3) is 0 Å². The maximum absolute atomic E-state index is 12.6. The van der Waals surface area contributed by atoms with Crippen molar-refractivity contribution in [1.29, 1.82) is 0 Å². The minimum atomic E-state index is 0.0297. The molecule has 6 heteroatoms. The molecule has 2 heterocycles. The summed E-state index contributed by atoms with van der Waals surface area (Å²) in [5, 5.41) is 3.18. The summed E-state index contributed by atoms with van der Waals surface area (Å²) >= 11 is 0. The molecule has 2 aliphatic rings. The number of aromatic nitrogens is 2. The Morgan fingerprint density at radius 3 is 3.04 bits per heavy atom. The van der Waals surface area contributed by atoms with Crippen molar-refractivity contribution in [1.82, 2.24) is 19.8 Å². The summed E-state index contributed by atoms with van der Waals surface area (Å²) in [5.41, 5.74) is 0. The zero-order chi connectivity index (χ0) is 16.1. The summed E-state index contributed by atoms with van der Waals surface area (Å²) in [4.78, 5) is 18.9. The molecule has 3 rings (SSSR count). The van der Waals surface area contributed by atoms with Crippen LogP contribution in [-0.2, 0) is 17.8 Å². The van der Waals surface area contributed by atoms with Crippen molar-refractivity contribution in [2.24, 2.45) is 5.92 Å². The maximum atomic E-state index is 12.6. The van der Waals surface area contributed by atoms with Gasteiger partial charge in [0.25, 0.3) is 0 Å². The zero-order valence-corrected chi connectivity index (χ0v) is 13.6. The van der Waals surface area contributed by atoms with E-state index < -0.39 is 0 Å². The third-order valence-electron chi connectivity index (χ3n) is 4.63. The lowest BCUT2D eigenvalue weighted by molar-refractivity contribution is 0.100. The van der Waals surface area contributed by atoms with Gasteiger partial charge in [-0.15, -0.1) is 6.58 Å². The highest BCUT2D eigenvalue weighted by Gasteiger charge is 2.27. The summed E-state index contributed by atoms with van der Waals surface area (Å²) < 4.78 is 7.75. The summed E-state index contributed by atoms with van der Waals surface area (Å²) in [6.07, 6.45) is 10.2. The molecule has 6 nitrogen and oxygen atoms in total. The number of hydrogen-bond acceptors (Lipinski definition) is 3. The standard InChI is InChI=1S/C17H26N4O2/c1-2-9-23-13-14-10-20-8-7-18-16(20)12-21(11-14)17(22)19-15-5-3-4-6-15/h2,7-8,14-15H,1,3-6,9-13H2,(H,19,22)/t14-/m0/s1. The number of imidazole rings is 1. The molecular weight excluding hydrogens is 292 g/mol. The van der Waals surface area contributed by atoms with Crippen molar-refractivity contribution in [3.8, 4) is 0 Å². The van der Waals surface area contributed by atoms with Gasteiger partial charge in [-0.2, -0.15) is 0 Å². The Kier molecular flexibility index (Phi) is 5.33. The van der Waals surface area contributed by atoms with E-state index in [-0.39, 0.29) is 11.9 Å². The molecular formula is C17H26N4O2. The Labute approximate surface area is 137 Å². The number of rotatable bonds is 5.